The Bertz CT molecular complexity index is 345. The Kier molecular flexibility index (Phi) is 3.49. The molecule has 1 saturated heterocycles. The Morgan fingerprint density at radius 3 is 3.31 bits per heavy atom. The van der Waals surface area contributed by atoms with Gasteiger partial charge < -0.3 is 15.4 Å². The molecule has 3 N–H and O–H groups in total. The van der Waals surface area contributed by atoms with E-state index in [1.54, 1.807) is 28.9 Å². The quantitative estimate of drug-likeness (QED) is 0.556. The normalized spacial score (nSPS) is 29.7. The van der Waals surface area contributed by atoms with Crippen LogP contribution in [-0.2, 0) is 9.62 Å². The van der Waals surface area contributed by atoms with Crippen LogP contribution in [0.25, 0.3) is 0 Å². The minimum atomic E-state index is -0.167. The summed E-state index contributed by atoms with van der Waals surface area (Å²) < 4.78 is 5.63. The van der Waals surface area contributed by atoms with Gasteiger partial charge in [-0.15, -0.1) is 11.8 Å². The second kappa shape index (κ2) is 4.88. The molecule has 6 nitrogen and oxygen atoms in total. The van der Waals surface area contributed by atoms with Crippen LogP contribution in [0.3, 0.4) is 0 Å². The molecule has 2 rings (SSSR count). The van der Waals surface area contributed by atoms with E-state index in [4.69, 9.17) is 15.7 Å². The fraction of sp³-hybridized carbons (Fsp3) is 0.444. The number of nitrogens with two attached hydrogens (primary N) is 1. The van der Waals surface area contributed by atoms with Crippen LogP contribution in [0.1, 0.15) is 0 Å². The van der Waals surface area contributed by atoms with Crippen LogP contribution >= 0.6 is 11.8 Å². The van der Waals surface area contributed by atoms with Crippen LogP contribution in [0.15, 0.2) is 29.7 Å². The fourth-order valence-corrected chi connectivity index (χ4v) is 2.47. The number of aliphatic imine (C=N–C) groups is 1. The minimum absolute atomic E-state index is 0.147. The highest BCUT2D eigenvalue weighted by Crippen LogP contribution is 2.30. The van der Waals surface area contributed by atoms with Crippen LogP contribution in [0.4, 0.5) is 0 Å². The van der Waals surface area contributed by atoms with Gasteiger partial charge >= 0.3 is 0 Å². The maximum absolute atomic E-state index is 8.33. The van der Waals surface area contributed by atoms with Crippen molar-refractivity contribution in [3.63, 3.8) is 0 Å². The van der Waals surface area contributed by atoms with Crippen LogP contribution in [0.2, 0.25) is 0 Å². The first-order valence-corrected chi connectivity index (χ1v) is 5.78. The topological polar surface area (TPSA) is 80.3 Å². The van der Waals surface area contributed by atoms with Crippen molar-refractivity contribution >= 4 is 17.6 Å². The highest BCUT2D eigenvalue weighted by atomic mass is 32.2. The van der Waals surface area contributed by atoms with Crippen molar-refractivity contribution in [1.82, 2.24) is 4.90 Å². The summed E-state index contributed by atoms with van der Waals surface area (Å²) in [6.45, 7) is 3.95. The lowest BCUT2D eigenvalue weighted by molar-refractivity contribution is -0.254. The Morgan fingerprint density at radius 2 is 2.62 bits per heavy atom. The highest BCUT2D eigenvalue weighted by molar-refractivity contribution is 8.00. The molecule has 2 atom stereocenters. The van der Waals surface area contributed by atoms with Gasteiger partial charge in [0, 0.05) is 12.0 Å². The molecule has 0 unspecified atom stereocenters. The molecule has 16 heavy (non-hydrogen) atoms. The fourth-order valence-electron chi connectivity index (χ4n) is 1.49. The molecule has 0 saturated carbocycles. The Balaban J connectivity index is 1.95. The minimum Gasteiger partial charge on any atom is -0.384 e. The first-order chi connectivity index (χ1) is 7.70. The summed E-state index contributed by atoms with van der Waals surface area (Å²) in [6.07, 6.45) is 3.34. The van der Waals surface area contributed by atoms with Gasteiger partial charge in [0.25, 0.3) is 0 Å². The zero-order valence-corrected chi connectivity index (χ0v) is 9.39. The second-order valence-electron chi connectivity index (χ2n) is 3.33. The van der Waals surface area contributed by atoms with Gasteiger partial charge in [0.05, 0.1) is 0 Å². The largest absolute Gasteiger partial charge is 0.384 e. The first kappa shape index (κ1) is 11.5. The lowest BCUT2D eigenvalue weighted by atomic mass is 10.4. The number of nitrogens with zero attached hydrogens (tertiary/aromatic N) is 2. The van der Waals surface area contributed by atoms with E-state index in [-0.39, 0.29) is 18.3 Å². The molecular formula is C9H13N3O3S. The number of hydrogen-bond acceptors (Lipinski definition) is 7. The highest BCUT2D eigenvalue weighted by Gasteiger charge is 2.31. The summed E-state index contributed by atoms with van der Waals surface area (Å²) in [5.74, 6) is 1.74. The number of thioether (sulfide) groups is 1. The number of hydrogen-bond donors (Lipinski definition) is 2. The monoisotopic (exact) mass is 243 g/mol. The van der Waals surface area contributed by atoms with Crippen LogP contribution in [0.5, 0.6) is 0 Å². The molecule has 0 radical (unpaired) electrons. The van der Waals surface area contributed by atoms with Crippen LogP contribution in [0, 0.1) is 0 Å². The van der Waals surface area contributed by atoms with Crippen molar-refractivity contribution in [3.8, 4) is 0 Å². The molecule has 2 heterocycles. The summed E-state index contributed by atoms with van der Waals surface area (Å²) in [7, 11) is 0. The predicted molar refractivity (Wildman–Crippen MR) is 61.4 cm³/mol. The molecule has 0 aromatic rings. The summed E-state index contributed by atoms with van der Waals surface area (Å²) in [5, 5.41) is 8.33. The zero-order valence-electron chi connectivity index (χ0n) is 8.57. The van der Waals surface area contributed by atoms with Gasteiger partial charge in [-0.25, -0.2) is 9.88 Å². The lowest BCUT2D eigenvalue weighted by Crippen LogP contribution is -2.34. The standard InChI is InChI=1S/C9H13N3O3S/c1-6-11-7(10)2-3-12(6)8-5-16-9(15-8)4-14-13/h2-3,8-9,13H,1,4-5H2,(H2,10,11)/t8-,9+/m0/s1. The number of rotatable bonds is 3. The molecule has 0 spiro atoms. The maximum Gasteiger partial charge on any atom is 0.145 e. The third-order valence-electron chi connectivity index (χ3n) is 2.22. The summed E-state index contributed by atoms with van der Waals surface area (Å²) in [6, 6.07) is 0. The van der Waals surface area contributed by atoms with Gasteiger partial charge in [-0.3, -0.25) is 5.26 Å². The smallest absolute Gasteiger partial charge is 0.145 e. The molecule has 1 fully saturated rings. The average molecular weight is 243 g/mol. The van der Waals surface area contributed by atoms with E-state index in [2.05, 4.69) is 16.5 Å². The summed E-state index contributed by atoms with van der Waals surface area (Å²) in [5.41, 5.74) is 5.37. The lowest BCUT2D eigenvalue weighted by Gasteiger charge is -2.28. The van der Waals surface area contributed by atoms with Crippen molar-refractivity contribution < 1.29 is 14.9 Å². The van der Waals surface area contributed by atoms with Gasteiger partial charge in [0.15, 0.2) is 0 Å². The Labute approximate surface area is 97.3 Å². The van der Waals surface area contributed by atoms with Crippen molar-refractivity contribution in [2.45, 2.75) is 11.7 Å². The van der Waals surface area contributed by atoms with Crippen molar-refractivity contribution in [2.75, 3.05) is 12.4 Å². The third kappa shape index (κ3) is 2.38. The Hall–Kier alpha value is -1.02. The van der Waals surface area contributed by atoms with E-state index >= 15 is 0 Å². The van der Waals surface area contributed by atoms with E-state index < -0.39 is 0 Å². The second-order valence-corrected chi connectivity index (χ2v) is 4.52. The van der Waals surface area contributed by atoms with Gasteiger partial charge in [-0.05, 0) is 6.08 Å². The van der Waals surface area contributed by atoms with Gasteiger partial charge in [-0.2, -0.15) is 0 Å². The average Bonchev–Trinajstić information content (AvgIpc) is 2.67. The van der Waals surface area contributed by atoms with Gasteiger partial charge in [0.2, 0.25) is 0 Å². The predicted octanol–water partition coefficient (Wildman–Crippen LogP) is 0.549. The van der Waals surface area contributed by atoms with Crippen molar-refractivity contribution in [1.29, 1.82) is 0 Å². The van der Waals surface area contributed by atoms with E-state index in [1.807, 2.05) is 0 Å². The molecule has 0 aromatic heterocycles. The van der Waals surface area contributed by atoms with E-state index in [9.17, 15) is 0 Å². The van der Waals surface area contributed by atoms with Crippen molar-refractivity contribution in [2.24, 2.45) is 10.7 Å². The van der Waals surface area contributed by atoms with E-state index in [0.29, 0.717) is 11.7 Å². The molecular weight excluding hydrogens is 230 g/mol. The maximum atomic E-state index is 8.33. The molecule has 2 aliphatic heterocycles. The van der Waals surface area contributed by atoms with E-state index in [1.165, 1.54) is 0 Å². The molecule has 0 bridgehead atoms. The number of amidine groups is 1. The first-order valence-electron chi connectivity index (χ1n) is 4.73. The molecule has 88 valence electrons. The zero-order chi connectivity index (χ0) is 11.5. The van der Waals surface area contributed by atoms with Gasteiger partial charge in [-0.1, -0.05) is 6.58 Å². The SMILES string of the molecule is C=C1N=C(N)C=CN1[C@@H]1CS[C@H](COO)O1. The summed E-state index contributed by atoms with van der Waals surface area (Å²) in [4.78, 5) is 9.91. The van der Waals surface area contributed by atoms with E-state index in [0.717, 1.165) is 5.75 Å². The molecule has 0 aromatic carbocycles. The van der Waals surface area contributed by atoms with Crippen molar-refractivity contribution in [3.05, 3.63) is 24.7 Å². The van der Waals surface area contributed by atoms with Gasteiger partial charge in [0.1, 0.15) is 29.9 Å². The third-order valence-corrected chi connectivity index (χ3v) is 3.31. The van der Waals surface area contributed by atoms with Crippen LogP contribution in [-0.4, -0.2) is 40.0 Å². The Morgan fingerprint density at radius 1 is 1.81 bits per heavy atom. The van der Waals surface area contributed by atoms with Crippen LogP contribution < -0.4 is 5.73 Å². The molecule has 2 aliphatic rings. The molecule has 7 heteroatoms. The number of ether oxygens (including phenoxy) is 1. The molecule has 0 aliphatic carbocycles. The molecule has 0 amide bonds. The summed E-state index contributed by atoms with van der Waals surface area (Å²) >= 11 is 1.57.